The highest BCUT2D eigenvalue weighted by Gasteiger charge is 2.26. The van der Waals surface area contributed by atoms with Crippen LogP contribution in [0.25, 0.3) is 0 Å². The standard InChI is InChI=1S/C8H20N2Si/c1-7(2,3)9-11-10-8(4,5)6/h9-10H,1-6H3/q+1. The van der Waals surface area contributed by atoms with Gasteiger partial charge in [0.1, 0.15) is 0 Å². The van der Waals surface area contributed by atoms with Crippen LogP contribution in [0, 0.1) is 0 Å². The summed E-state index contributed by atoms with van der Waals surface area (Å²) in [5.74, 6) is 0. The normalized spacial score (nSPS) is 13.3. The minimum atomic E-state index is 0.219. The highest BCUT2D eigenvalue weighted by atomic mass is 28.2. The summed E-state index contributed by atoms with van der Waals surface area (Å²) in [5, 5.41) is 0. The van der Waals surface area contributed by atoms with E-state index in [0.29, 0.717) is 9.84 Å². The second-order valence-electron chi connectivity index (χ2n) is 4.88. The number of hydrogen-bond acceptors (Lipinski definition) is 2. The number of hydrogen-bond donors (Lipinski definition) is 2. The molecule has 11 heavy (non-hydrogen) atoms. The van der Waals surface area contributed by atoms with Gasteiger partial charge in [-0.2, -0.15) is 0 Å². The first-order chi connectivity index (χ1) is 4.71. The van der Waals surface area contributed by atoms with Gasteiger partial charge in [-0.3, -0.25) is 0 Å². The zero-order valence-electron chi connectivity index (χ0n) is 8.50. The second kappa shape index (κ2) is 3.69. The van der Waals surface area contributed by atoms with E-state index in [1.165, 1.54) is 0 Å². The largest absolute Gasteiger partial charge is 0.704 e. The van der Waals surface area contributed by atoms with Crippen LogP contribution in [-0.4, -0.2) is 20.9 Å². The van der Waals surface area contributed by atoms with Crippen LogP contribution in [0.2, 0.25) is 0 Å². The molecule has 0 unspecified atom stereocenters. The Labute approximate surface area is 73.1 Å². The van der Waals surface area contributed by atoms with Crippen LogP contribution in [0.3, 0.4) is 0 Å². The van der Waals surface area contributed by atoms with Gasteiger partial charge in [-0.1, -0.05) is 0 Å². The molecule has 2 nitrogen and oxygen atoms in total. The van der Waals surface area contributed by atoms with Crippen molar-refractivity contribution in [2.75, 3.05) is 0 Å². The van der Waals surface area contributed by atoms with Gasteiger partial charge in [-0.05, 0) is 41.5 Å². The summed E-state index contributed by atoms with van der Waals surface area (Å²) >= 11 is 0. The van der Waals surface area contributed by atoms with Crippen molar-refractivity contribution in [3.8, 4) is 0 Å². The van der Waals surface area contributed by atoms with E-state index < -0.39 is 0 Å². The molecule has 65 valence electrons. The maximum absolute atomic E-state index is 3.40. The van der Waals surface area contributed by atoms with E-state index in [1.54, 1.807) is 0 Å². The fraction of sp³-hybridized carbons (Fsp3) is 1.00. The van der Waals surface area contributed by atoms with Gasteiger partial charge >= 0.3 is 9.84 Å². The zero-order chi connectivity index (χ0) is 9.12. The smallest absolute Gasteiger partial charge is 0.148 e. The van der Waals surface area contributed by atoms with Crippen LogP contribution in [0.5, 0.6) is 0 Å². The van der Waals surface area contributed by atoms with Gasteiger partial charge in [0.2, 0.25) is 0 Å². The Bertz CT molecular complexity index is 96.2. The SMILES string of the molecule is CC(C)(C)N[Si+]NC(C)(C)C. The predicted octanol–water partition coefficient (Wildman–Crippen LogP) is 1.30. The van der Waals surface area contributed by atoms with E-state index in [2.05, 4.69) is 51.5 Å². The molecule has 0 aromatic heterocycles. The molecule has 1 radical (unpaired) electrons. The van der Waals surface area contributed by atoms with Crippen LogP contribution >= 0.6 is 0 Å². The molecule has 0 aliphatic rings. The van der Waals surface area contributed by atoms with Gasteiger partial charge in [0.25, 0.3) is 0 Å². The maximum atomic E-state index is 3.40. The van der Waals surface area contributed by atoms with Gasteiger partial charge in [-0.25, -0.2) is 0 Å². The van der Waals surface area contributed by atoms with Gasteiger partial charge < -0.3 is 0 Å². The van der Waals surface area contributed by atoms with Crippen molar-refractivity contribution >= 4 is 9.84 Å². The lowest BCUT2D eigenvalue weighted by Crippen LogP contribution is -2.50. The van der Waals surface area contributed by atoms with Crippen LogP contribution in [0.15, 0.2) is 0 Å². The van der Waals surface area contributed by atoms with Crippen molar-refractivity contribution in [1.29, 1.82) is 0 Å². The average Bonchev–Trinajstić information content (AvgIpc) is 1.55. The second-order valence-corrected chi connectivity index (χ2v) is 5.62. The van der Waals surface area contributed by atoms with E-state index in [1.807, 2.05) is 0 Å². The minimum absolute atomic E-state index is 0.219. The van der Waals surface area contributed by atoms with Gasteiger partial charge in [0.05, 0.1) is 0 Å². The topological polar surface area (TPSA) is 24.1 Å². The Morgan fingerprint density at radius 3 is 1.18 bits per heavy atom. The number of nitrogens with one attached hydrogen (secondary N) is 2. The first kappa shape index (κ1) is 11.1. The molecule has 0 rings (SSSR count). The third kappa shape index (κ3) is 10.1. The van der Waals surface area contributed by atoms with Crippen molar-refractivity contribution in [1.82, 2.24) is 9.96 Å². The van der Waals surface area contributed by atoms with Gasteiger partial charge in [-0.15, -0.1) is 9.96 Å². The third-order valence-electron chi connectivity index (χ3n) is 0.875. The molecule has 0 aliphatic carbocycles. The molecule has 0 aromatic rings. The van der Waals surface area contributed by atoms with E-state index in [0.717, 1.165) is 0 Å². The van der Waals surface area contributed by atoms with Crippen LogP contribution in [0.1, 0.15) is 41.5 Å². The van der Waals surface area contributed by atoms with Crippen LogP contribution < -0.4 is 9.96 Å². The zero-order valence-corrected chi connectivity index (χ0v) is 9.50. The highest BCUT2D eigenvalue weighted by molar-refractivity contribution is 6.29. The molecule has 0 heterocycles. The van der Waals surface area contributed by atoms with E-state index in [4.69, 9.17) is 0 Å². The molecule has 0 aliphatic heterocycles. The monoisotopic (exact) mass is 172 g/mol. The van der Waals surface area contributed by atoms with Gasteiger partial charge in [0, 0.05) is 11.1 Å². The summed E-state index contributed by atoms with van der Waals surface area (Å²) in [6, 6.07) is 0. The van der Waals surface area contributed by atoms with Crippen molar-refractivity contribution < 1.29 is 0 Å². The summed E-state index contributed by atoms with van der Waals surface area (Å²) in [6.45, 7) is 13.0. The molecule has 0 bridgehead atoms. The van der Waals surface area contributed by atoms with E-state index in [-0.39, 0.29) is 11.1 Å². The van der Waals surface area contributed by atoms with Crippen molar-refractivity contribution in [3.63, 3.8) is 0 Å². The molecule has 0 fully saturated rings. The fourth-order valence-corrected chi connectivity index (χ4v) is 1.22. The molecular formula is C8H20N2Si+. The fourth-order valence-electron chi connectivity index (χ4n) is 0.406. The van der Waals surface area contributed by atoms with Crippen molar-refractivity contribution in [2.24, 2.45) is 0 Å². The van der Waals surface area contributed by atoms with Crippen LogP contribution in [-0.2, 0) is 0 Å². The predicted molar refractivity (Wildman–Crippen MR) is 51.5 cm³/mol. The van der Waals surface area contributed by atoms with Crippen molar-refractivity contribution in [3.05, 3.63) is 0 Å². The summed E-state index contributed by atoms with van der Waals surface area (Å²) in [6.07, 6.45) is 0. The molecule has 2 N–H and O–H groups in total. The first-order valence-electron chi connectivity index (χ1n) is 4.00. The van der Waals surface area contributed by atoms with Crippen molar-refractivity contribution in [2.45, 2.75) is 52.6 Å². The lowest BCUT2D eigenvalue weighted by molar-refractivity contribution is 0.485. The first-order valence-corrected chi connectivity index (χ1v) is 5.00. The molecule has 3 heteroatoms. The molecule has 0 saturated heterocycles. The lowest BCUT2D eigenvalue weighted by Gasteiger charge is -2.15. The Morgan fingerprint density at radius 1 is 0.727 bits per heavy atom. The van der Waals surface area contributed by atoms with Crippen LogP contribution in [0.4, 0.5) is 0 Å². The summed E-state index contributed by atoms with van der Waals surface area (Å²) in [7, 11) is 0.635. The molecular weight excluding hydrogens is 152 g/mol. The lowest BCUT2D eigenvalue weighted by atomic mass is 10.1. The summed E-state index contributed by atoms with van der Waals surface area (Å²) in [5.41, 5.74) is 0.438. The summed E-state index contributed by atoms with van der Waals surface area (Å²) < 4.78 is 0. The molecule has 0 spiro atoms. The summed E-state index contributed by atoms with van der Waals surface area (Å²) in [4.78, 5) is 6.79. The average molecular weight is 172 g/mol. The molecule has 0 amide bonds. The molecule has 0 atom stereocenters. The Balaban J connectivity index is 3.44. The Morgan fingerprint density at radius 2 is 1.00 bits per heavy atom. The number of rotatable bonds is 2. The van der Waals surface area contributed by atoms with Gasteiger partial charge in [0.15, 0.2) is 0 Å². The molecule has 0 aromatic carbocycles. The Kier molecular flexibility index (Phi) is 3.74. The van der Waals surface area contributed by atoms with E-state index in [9.17, 15) is 0 Å². The molecule has 0 saturated carbocycles. The third-order valence-corrected chi connectivity index (χ3v) is 2.62. The quantitative estimate of drug-likeness (QED) is 0.614. The minimum Gasteiger partial charge on any atom is -0.148 e. The maximum Gasteiger partial charge on any atom is 0.704 e. The Hall–Kier alpha value is 0.137. The highest BCUT2D eigenvalue weighted by Crippen LogP contribution is 1.98. The van der Waals surface area contributed by atoms with E-state index >= 15 is 0 Å².